The Kier molecular flexibility index (Phi) is 4.38. The van der Waals surface area contributed by atoms with Gasteiger partial charge in [0.15, 0.2) is 0 Å². The minimum Gasteiger partial charge on any atom is -0.388 e. The SMILES string of the molecule is CC1CCCC(O)(CNc2ccc(C(C)(C)C)cn2)C1. The maximum Gasteiger partial charge on any atom is 0.125 e. The third kappa shape index (κ3) is 3.95. The minimum atomic E-state index is -0.567. The Morgan fingerprint density at radius 1 is 1.40 bits per heavy atom. The molecule has 0 aromatic carbocycles. The Labute approximate surface area is 122 Å². The zero-order valence-electron chi connectivity index (χ0n) is 13.2. The topological polar surface area (TPSA) is 45.1 Å². The Bertz CT molecular complexity index is 435. The summed E-state index contributed by atoms with van der Waals surface area (Å²) in [6, 6.07) is 4.12. The number of anilines is 1. The van der Waals surface area contributed by atoms with Crippen molar-refractivity contribution in [2.24, 2.45) is 5.92 Å². The summed E-state index contributed by atoms with van der Waals surface area (Å²) < 4.78 is 0. The van der Waals surface area contributed by atoms with Crippen LogP contribution in [0.15, 0.2) is 18.3 Å². The van der Waals surface area contributed by atoms with Gasteiger partial charge in [-0.05, 0) is 35.8 Å². The molecule has 0 amide bonds. The molecule has 2 atom stereocenters. The van der Waals surface area contributed by atoms with Crippen LogP contribution in [-0.2, 0) is 5.41 Å². The summed E-state index contributed by atoms with van der Waals surface area (Å²) in [5.74, 6) is 1.47. The molecule has 2 unspecified atom stereocenters. The second-order valence-electron chi connectivity index (χ2n) is 7.46. The molecule has 3 heteroatoms. The van der Waals surface area contributed by atoms with Gasteiger partial charge < -0.3 is 10.4 Å². The van der Waals surface area contributed by atoms with E-state index in [-0.39, 0.29) is 5.41 Å². The van der Waals surface area contributed by atoms with E-state index in [1.165, 1.54) is 12.0 Å². The maximum atomic E-state index is 10.6. The van der Waals surface area contributed by atoms with Gasteiger partial charge in [0, 0.05) is 12.7 Å². The van der Waals surface area contributed by atoms with Crippen molar-refractivity contribution in [3.05, 3.63) is 23.9 Å². The Balaban J connectivity index is 1.94. The molecule has 0 radical (unpaired) electrons. The van der Waals surface area contributed by atoms with Crippen LogP contribution in [0.25, 0.3) is 0 Å². The lowest BCUT2D eigenvalue weighted by molar-refractivity contribution is -0.000827. The molecule has 0 bridgehead atoms. The predicted molar refractivity (Wildman–Crippen MR) is 84.0 cm³/mol. The van der Waals surface area contributed by atoms with Crippen LogP contribution < -0.4 is 5.32 Å². The van der Waals surface area contributed by atoms with E-state index < -0.39 is 5.60 Å². The molecule has 3 nitrogen and oxygen atoms in total. The predicted octanol–water partition coefficient (Wildman–Crippen LogP) is 3.73. The summed E-state index contributed by atoms with van der Waals surface area (Å²) in [4.78, 5) is 4.46. The molecule has 2 N–H and O–H groups in total. The van der Waals surface area contributed by atoms with E-state index in [1.807, 2.05) is 12.3 Å². The third-order valence-corrected chi connectivity index (χ3v) is 4.30. The number of aliphatic hydroxyl groups is 1. The molecule has 1 fully saturated rings. The lowest BCUT2D eigenvalue weighted by atomic mass is 9.79. The van der Waals surface area contributed by atoms with Crippen molar-refractivity contribution in [1.82, 2.24) is 4.98 Å². The van der Waals surface area contributed by atoms with Crippen molar-refractivity contribution >= 4 is 5.82 Å². The maximum absolute atomic E-state index is 10.6. The van der Waals surface area contributed by atoms with Crippen LogP contribution >= 0.6 is 0 Å². The number of pyridine rings is 1. The molecule has 0 aliphatic heterocycles. The van der Waals surface area contributed by atoms with Crippen LogP contribution in [0.1, 0.15) is 58.9 Å². The van der Waals surface area contributed by atoms with Gasteiger partial charge in [0.05, 0.1) is 5.60 Å². The molecule has 2 rings (SSSR count). The highest BCUT2D eigenvalue weighted by atomic mass is 16.3. The number of rotatable bonds is 3. The van der Waals surface area contributed by atoms with Crippen LogP contribution in [-0.4, -0.2) is 22.2 Å². The van der Waals surface area contributed by atoms with Crippen LogP contribution in [0.2, 0.25) is 0 Å². The molecule has 1 saturated carbocycles. The van der Waals surface area contributed by atoms with E-state index >= 15 is 0 Å². The summed E-state index contributed by atoms with van der Waals surface area (Å²) >= 11 is 0. The van der Waals surface area contributed by atoms with Gasteiger partial charge >= 0.3 is 0 Å². The van der Waals surface area contributed by atoms with Crippen molar-refractivity contribution < 1.29 is 5.11 Å². The molecular weight excluding hydrogens is 248 g/mol. The fourth-order valence-electron chi connectivity index (χ4n) is 2.99. The Morgan fingerprint density at radius 3 is 2.70 bits per heavy atom. The van der Waals surface area contributed by atoms with Gasteiger partial charge in [0.2, 0.25) is 0 Å². The van der Waals surface area contributed by atoms with Crippen molar-refractivity contribution in [3.63, 3.8) is 0 Å². The normalized spacial score (nSPS) is 27.4. The number of nitrogens with one attached hydrogen (secondary N) is 1. The molecule has 1 heterocycles. The fourth-order valence-corrected chi connectivity index (χ4v) is 2.99. The summed E-state index contributed by atoms with van der Waals surface area (Å²) in [6.45, 7) is 9.37. The molecule has 1 aliphatic rings. The standard InChI is InChI=1S/C17H28N2O/c1-13-6-5-9-17(20,10-13)12-19-15-8-7-14(11-18-15)16(2,3)4/h7-8,11,13,20H,5-6,9-10,12H2,1-4H3,(H,18,19). The lowest BCUT2D eigenvalue weighted by Crippen LogP contribution is -2.41. The van der Waals surface area contributed by atoms with Gasteiger partial charge in [-0.15, -0.1) is 0 Å². The highest BCUT2D eigenvalue weighted by molar-refractivity contribution is 5.37. The van der Waals surface area contributed by atoms with Crippen molar-refractivity contribution in [1.29, 1.82) is 0 Å². The fraction of sp³-hybridized carbons (Fsp3) is 0.706. The highest BCUT2D eigenvalue weighted by Crippen LogP contribution is 2.32. The smallest absolute Gasteiger partial charge is 0.125 e. The molecule has 20 heavy (non-hydrogen) atoms. The van der Waals surface area contributed by atoms with Crippen molar-refractivity contribution in [2.75, 3.05) is 11.9 Å². The van der Waals surface area contributed by atoms with E-state index in [1.54, 1.807) is 0 Å². The van der Waals surface area contributed by atoms with Gasteiger partial charge in [-0.2, -0.15) is 0 Å². The largest absolute Gasteiger partial charge is 0.388 e. The number of hydrogen-bond acceptors (Lipinski definition) is 3. The summed E-state index contributed by atoms with van der Waals surface area (Å²) in [7, 11) is 0. The highest BCUT2D eigenvalue weighted by Gasteiger charge is 2.32. The molecular formula is C17H28N2O. The Hall–Kier alpha value is -1.09. The van der Waals surface area contributed by atoms with Crippen LogP contribution in [0, 0.1) is 5.92 Å². The minimum absolute atomic E-state index is 0.128. The Morgan fingerprint density at radius 2 is 2.15 bits per heavy atom. The van der Waals surface area contributed by atoms with Crippen LogP contribution in [0.3, 0.4) is 0 Å². The third-order valence-electron chi connectivity index (χ3n) is 4.30. The molecule has 1 aliphatic carbocycles. The number of hydrogen-bond donors (Lipinski definition) is 2. The van der Waals surface area contributed by atoms with Gasteiger partial charge in [0.1, 0.15) is 5.82 Å². The summed E-state index contributed by atoms with van der Waals surface area (Å²) in [5.41, 5.74) is 0.790. The summed E-state index contributed by atoms with van der Waals surface area (Å²) in [6.07, 6.45) is 6.07. The molecule has 1 aromatic rings. The van der Waals surface area contributed by atoms with Gasteiger partial charge in [-0.3, -0.25) is 0 Å². The average molecular weight is 276 g/mol. The number of aromatic nitrogens is 1. The summed E-state index contributed by atoms with van der Waals surface area (Å²) in [5, 5.41) is 13.9. The van der Waals surface area contributed by atoms with Crippen molar-refractivity contribution in [3.8, 4) is 0 Å². The van der Waals surface area contributed by atoms with Gasteiger partial charge in [-0.25, -0.2) is 4.98 Å². The first-order chi connectivity index (χ1) is 9.28. The first-order valence-electron chi connectivity index (χ1n) is 7.71. The second-order valence-corrected chi connectivity index (χ2v) is 7.46. The van der Waals surface area contributed by atoms with Gasteiger partial charge in [-0.1, -0.05) is 46.6 Å². The van der Waals surface area contributed by atoms with Crippen LogP contribution in [0.5, 0.6) is 0 Å². The second kappa shape index (κ2) is 5.72. The zero-order chi connectivity index (χ0) is 14.8. The quantitative estimate of drug-likeness (QED) is 0.884. The van der Waals surface area contributed by atoms with Crippen LogP contribution in [0.4, 0.5) is 5.82 Å². The van der Waals surface area contributed by atoms with E-state index in [0.717, 1.165) is 25.1 Å². The lowest BCUT2D eigenvalue weighted by Gasteiger charge is -2.35. The van der Waals surface area contributed by atoms with E-state index in [4.69, 9.17) is 0 Å². The number of nitrogens with zero attached hydrogens (tertiary/aromatic N) is 1. The molecule has 0 saturated heterocycles. The molecule has 112 valence electrons. The van der Waals surface area contributed by atoms with E-state index in [2.05, 4.69) is 44.1 Å². The van der Waals surface area contributed by atoms with E-state index in [9.17, 15) is 5.11 Å². The zero-order valence-corrected chi connectivity index (χ0v) is 13.2. The first kappa shape index (κ1) is 15.3. The monoisotopic (exact) mass is 276 g/mol. The van der Waals surface area contributed by atoms with E-state index in [0.29, 0.717) is 12.5 Å². The molecule has 1 aromatic heterocycles. The average Bonchev–Trinajstić information content (AvgIpc) is 2.36. The van der Waals surface area contributed by atoms with Gasteiger partial charge in [0.25, 0.3) is 0 Å². The first-order valence-corrected chi connectivity index (χ1v) is 7.71. The van der Waals surface area contributed by atoms with Crippen molar-refractivity contribution in [2.45, 2.75) is 64.4 Å². The molecule has 0 spiro atoms.